The van der Waals surface area contributed by atoms with Crippen molar-refractivity contribution in [2.75, 3.05) is 26.7 Å². The van der Waals surface area contributed by atoms with Crippen LogP contribution < -0.4 is 21.3 Å². The van der Waals surface area contributed by atoms with Crippen molar-refractivity contribution in [3.05, 3.63) is 0 Å². The van der Waals surface area contributed by atoms with Gasteiger partial charge in [-0.15, -0.1) is 0 Å². The highest BCUT2D eigenvalue weighted by Crippen LogP contribution is 2.28. The monoisotopic (exact) mass is 750 g/mol. The zero-order valence-electron chi connectivity index (χ0n) is 32.3. The molecule has 3 rings (SSSR count). The van der Waals surface area contributed by atoms with Crippen molar-refractivity contribution in [3.8, 4) is 0 Å². The van der Waals surface area contributed by atoms with Gasteiger partial charge in [0.2, 0.25) is 35.4 Å². The lowest BCUT2D eigenvalue weighted by Gasteiger charge is -2.38. The van der Waals surface area contributed by atoms with E-state index >= 15 is 0 Å². The molecule has 2 aliphatic heterocycles. The number of likely N-dealkylation sites (tertiary alicyclic amines) is 2. The first-order chi connectivity index (χ1) is 25.2. The van der Waals surface area contributed by atoms with Gasteiger partial charge < -0.3 is 40.9 Å². The summed E-state index contributed by atoms with van der Waals surface area (Å²) in [7, 11) is 1.48. The van der Waals surface area contributed by atoms with Gasteiger partial charge in [-0.05, 0) is 57.8 Å². The van der Waals surface area contributed by atoms with Gasteiger partial charge in [-0.25, -0.2) is 0 Å². The van der Waals surface area contributed by atoms with E-state index in [1.165, 1.54) is 50.0 Å². The van der Waals surface area contributed by atoms with Crippen molar-refractivity contribution in [2.24, 2.45) is 11.8 Å². The smallest absolute Gasteiger partial charge is 0.373 e. The average molecular weight is 751 g/mol. The van der Waals surface area contributed by atoms with Crippen LogP contribution in [0.2, 0.25) is 0 Å². The summed E-state index contributed by atoms with van der Waals surface area (Å²) in [5.74, 6) is -2.23. The van der Waals surface area contributed by atoms with Gasteiger partial charge in [0.25, 0.3) is 0 Å². The van der Waals surface area contributed by atoms with E-state index in [1.54, 1.807) is 0 Å². The molecule has 16 nitrogen and oxygen atoms in total. The molecule has 53 heavy (non-hydrogen) atoms. The summed E-state index contributed by atoms with van der Waals surface area (Å²) >= 11 is 0. The Hall–Kier alpha value is -3.88. The summed E-state index contributed by atoms with van der Waals surface area (Å²) in [6.07, 6.45) is 8.46. The van der Waals surface area contributed by atoms with Crippen molar-refractivity contribution >= 4 is 41.6 Å². The van der Waals surface area contributed by atoms with Crippen LogP contribution in [-0.4, -0.2) is 126 Å². The van der Waals surface area contributed by atoms with Crippen LogP contribution in [0.25, 0.3) is 0 Å². The predicted molar refractivity (Wildman–Crippen MR) is 192 cm³/mol. The van der Waals surface area contributed by atoms with Gasteiger partial charge in [-0.1, -0.05) is 52.9 Å². The van der Waals surface area contributed by atoms with Gasteiger partial charge in [0.15, 0.2) is 0 Å². The van der Waals surface area contributed by atoms with E-state index < -0.39 is 66.0 Å². The lowest BCUT2D eigenvalue weighted by Crippen LogP contribution is -2.61. The normalized spacial score (nSPS) is 22.6. The minimum atomic E-state index is -1.21. The quantitative estimate of drug-likeness (QED) is 0.149. The lowest BCUT2D eigenvalue weighted by atomic mass is 9.86. The van der Waals surface area contributed by atoms with Gasteiger partial charge >= 0.3 is 6.15 Å². The molecule has 3 fully saturated rings. The molecular weight excluding hydrogens is 688 g/mol. The Morgan fingerprint density at radius 1 is 0.811 bits per heavy atom. The molecule has 7 atom stereocenters. The van der Waals surface area contributed by atoms with E-state index in [9.17, 15) is 33.9 Å². The Morgan fingerprint density at radius 2 is 1.43 bits per heavy atom. The summed E-state index contributed by atoms with van der Waals surface area (Å²) in [5, 5.41) is 21.2. The maximum absolute atomic E-state index is 13.9. The fraction of sp³-hybridized carbons (Fsp3) is 0.811. The number of carbonyl (C=O) groups excluding carboxylic acids is 8. The van der Waals surface area contributed by atoms with Crippen molar-refractivity contribution in [2.45, 2.75) is 154 Å². The second kappa shape index (κ2) is 23.0. The highest BCUT2D eigenvalue weighted by atomic mass is 16.5. The van der Waals surface area contributed by atoms with Crippen molar-refractivity contribution in [1.82, 2.24) is 31.1 Å². The molecule has 1 aliphatic carbocycles. The van der Waals surface area contributed by atoms with Crippen LogP contribution in [-0.2, 0) is 43.1 Å². The number of nitrogens with one attached hydrogen (secondary N) is 4. The first kappa shape index (κ1) is 45.3. The minimum Gasteiger partial charge on any atom is -0.391 e. The molecule has 0 aromatic heterocycles. The summed E-state index contributed by atoms with van der Waals surface area (Å²) in [4.78, 5) is 99.5. The number of hydrogen-bond acceptors (Lipinski definition) is 10. The lowest BCUT2D eigenvalue weighted by molar-refractivity contribution is -0.191. The number of hydrogen-bond donors (Lipinski definition) is 5. The molecule has 5 N–H and O–H groups in total. The molecule has 0 aromatic carbocycles. The molecule has 0 unspecified atom stereocenters. The third-order valence-electron chi connectivity index (χ3n) is 10.4. The van der Waals surface area contributed by atoms with Crippen LogP contribution in [0.5, 0.6) is 0 Å². The van der Waals surface area contributed by atoms with Crippen LogP contribution in [0, 0.1) is 11.8 Å². The van der Waals surface area contributed by atoms with E-state index in [-0.39, 0.29) is 36.8 Å². The third-order valence-corrected chi connectivity index (χ3v) is 10.4. The fourth-order valence-electron chi connectivity index (χ4n) is 7.31. The van der Waals surface area contributed by atoms with Gasteiger partial charge in [0, 0.05) is 39.6 Å². The van der Waals surface area contributed by atoms with Crippen molar-refractivity contribution in [1.29, 1.82) is 0 Å². The minimum absolute atomic E-state index is 0.0968. The number of ether oxygens (including phenoxy) is 1. The Bertz CT molecular complexity index is 1270. The van der Waals surface area contributed by atoms with E-state index in [1.807, 2.05) is 20.8 Å². The molecule has 3 aliphatic rings. The van der Waals surface area contributed by atoms with E-state index in [0.717, 1.165) is 32.1 Å². The number of methoxy groups -OCH3 is 1. The molecule has 16 heteroatoms. The Balaban J connectivity index is 0.00000313. The maximum atomic E-state index is 13.9. The Kier molecular flexibility index (Phi) is 19.7. The highest BCUT2D eigenvalue weighted by molar-refractivity contribution is 5.96. The Morgan fingerprint density at radius 3 is 2.02 bits per heavy atom. The van der Waals surface area contributed by atoms with Crippen LogP contribution >= 0.6 is 0 Å². The maximum Gasteiger partial charge on any atom is 0.373 e. The summed E-state index contributed by atoms with van der Waals surface area (Å²) < 4.78 is 5.47. The van der Waals surface area contributed by atoms with Crippen LogP contribution in [0.3, 0.4) is 0 Å². The summed E-state index contributed by atoms with van der Waals surface area (Å²) in [5.41, 5.74) is 0. The van der Waals surface area contributed by atoms with E-state index in [4.69, 9.17) is 14.3 Å². The van der Waals surface area contributed by atoms with Gasteiger partial charge in [0.05, 0.1) is 12.2 Å². The second-order valence-corrected chi connectivity index (χ2v) is 14.8. The average Bonchev–Trinajstić information content (AvgIpc) is 3.58. The summed E-state index contributed by atoms with van der Waals surface area (Å²) in [6.45, 7) is 9.41. The molecule has 6 amide bonds. The predicted octanol–water partition coefficient (Wildman–Crippen LogP) is 0.798. The number of piperidine rings is 1. The molecule has 2 heterocycles. The molecule has 300 valence electrons. The molecule has 1 saturated carbocycles. The van der Waals surface area contributed by atoms with Crippen LogP contribution in [0.1, 0.15) is 112 Å². The van der Waals surface area contributed by atoms with Crippen LogP contribution in [0.15, 0.2) is 0 Å². The molecule has 2 saturated heterocycles. The Labute approximate surface area is 313 Å². The SMILES string of the molecule is CCCNC(=O)[C@@H](NC(=O)[C@@H]1C[C@@H](OC)CN1C(=O)[C@H](C)NC(=O)[C@@H]1CCCCN1C(=O)[C@@H](NC(=O)CCC1CCCCC1)C(C)C)[C@@H](C)O.O=C=O. The second-order valence-electron chi connectivity index (χ2n) is 14.8. The number of aliphatic hydroxyl groups excluding tert-OH is 1. The third kappa shape index (κ3) is 13.8. The van der Waals surface area contributed by atoms with Crippen molar-refractivity contribution in [3.63, 3.8) is 0 Å². The van der Waals surface area contributed by atoms with E-state index in [0.29, 0.717) is 38.3 Å². The zero-order valence-corrected chi connectivity index (χ0v) is 32.3. The number of amides is 6. The molecular formula is C37H62N6O10. The fourth-order valence-corrected chi connectivity index (χ4v) is 7.31. The molecule has 0 radical (unpaired) electrons. The summed E-state index contributed by atoms with van der Waals surface area (Å²) in [6, 6.07) is -4.83. The molecule has 0 aromatic rings. The number of aliphatic hydroxyl groups is 1. The van der Waals surface area contributed by atoms with E-state index in [2.05, 4.69) is 21.3 Å². The topological polar surface area (TPSA) is 221 Å². The van der Waals surface area contributed by atoms with Gasteiger partial charge in [-0.2, -0.15) is 9.59 Å². The highest BCUT2D eigenvalue weighted by Gasteiger charge is 2.44. The van der Waals surface area contributed by atoms with Gasteiger partial charge in [-0.3, -0.25) is 28.8 Å². The number of carbonyl (C=O) groups is 6. The number of rotatable bonds is 16. The largest absolute Gasteiger partial charge is 0.391 e. The standard InChI is InChI=1S/C36H62N6O8.CO2/c1-7-18-37-34(47)31(24(5)43)40-33(46)28-20-26(50-6)21-42(28)35(48)23(4)38-32(45)27-15-11-12-19-41(27)36(49)30(22(2)3)39-29(44)17-16-25-13-9-8-10-14-25;2-1-3/h22-28,30-31,43H,7-21H2,1-6H3,(H,37,47)(H,38,45)(H,39,44)(H,40,46);/t23-,24+,26+,27-,28-,30-,31-;/m0./s1. The zero-order chi connectivity index (χ0) is 39.7. The van der Waals surface area contributed by atoms with Crippen molar-refractivity contribution < 1.29 is 48.2 Å². The number of nitrogens with zero attached hydrogens (tertiary/aromatic N) is 2. The van der Waals surface area contributed by atoms with Gasteiger partial charge in [0.1, 0.15) is 30.2 Å². The first-order valence-corrected chi connectivity index (χ1v) is 19.2. The first-order valence-electron chi connectivity index (χ1n) is 19.2. The van der Waals surface area contributed by atoms with Crippen LogP contribution in [0.4, 0.5) is 0 Å². The molecule has 0 bridgehead atoms. The molecule has 0 spiro atoms.